The molecule has 0 aliphatic carbocycles. The van der Waals surface area contributed by atoms with Gasteiger partial charge in [-0.3, -0.25) is 9.59 Å². The van der Waals surface area contributed by atoms with Crippen molar-refractivity contribution in [2.24, 2.45) is 7.05 Å². The van der Waals surface area contributed by atoms with Crippen LogP contribution in [0, 0.1) is 0 Å². The van der Waals surface area contributed by atoms with Gasteiger partial charge in [0.15, 0.2) is 0 Å². The Bertz CT molecular complexity index is 616. The lowest BCUT2D eigenvalue weighted by Gasteiger charge is -2.14. The summed E-state index contributed by atoms with van der Waals surface area (Å²) >= 11 is 0. The molecule has 19 heavy (non-hydrogen) atoms. The molecule has 6 nitrogen and oxygen atoms in total. The summed E-state index contributed by atoms with van der Waals surface area (Å²) in [6, 6.07) is 2.75. The molecule has 0 aromatic carbocycles. The summed E-state index contributed by atoms with van der Waals surface area (Å²) in [6.07, 6.45) is 5.64. The minimum atomic E-state index is -0.277. The van der Waals surface area contributed by atoms with E-state index in [2.05, 4.69) is 15.3 Å². The van der Waals surface area contributed by atoms with Crippen molar-refractivity contribution in [1.29, 1.82) is 0 Å². The SMILES string of the molecule is CCC(NC(=O)c1ccn(C)c(=O)c1)c1ncc[nH]1. The molecule has 0 bridgehead atoms. The van der Waals surface area contributed by atoms with Crippen LogP contribution in [0.25, 0.3) is 0 Å². The highest BCUT2D eigenvalue weighted by Gasteiger charge is 2.16. The molecule has 1 atom stereocenters. The Morgan fingerprint density at radius 3 is 2.95 bits per heavy atom. The molecular weight excluding hydrogens is 244 g/mol. The fourth-order valence-electron chi connectivity index (χ4n) is 1.76. The Balaban J connectivity index is 2.16. The second-order valence-corrected chi connectivity index (χ2v) is 4.27. The smallest absolute Gasteiger partial charge is 0.252 e. The second kappa shape index (κ2) is 5.51. The Labute approximate surface area is 110 Å². The number of pyridine rings is 1. The molecule has 0 radical (unpaired) electrons. The van der Waals surface area contributed by atoms with Crippen molar-refractivity contribution in [3.05, 3.63) is 52.5 Å². The molecule has 0 spiro atoms. The minimum absolute atomic E-state index is 0.188. The number of rotatable bonds is 4. The van der Waals surface area contributed by atoms with Gasteiger partial charge < -0.3 is 14.9 Å². The van der Waals surface area contributed by atoms with Crippen LogP contribution in [0.2, 0.25) is 0 Å². The van der Waals surface area contributed by atoms with E-state index in [1.165, 1.54) is 10.6 Å². The second-order valence-electron chi connectivity index (χ2n) is 4.27. The van der Waals surface area contributed by atoms with Crippen LogP contribution in [0.5, 0.6) is 0 Å². The fourth-order valence-corrected chi connectivity index (χ4v) is 1.76. The number of aromatic nitrogens is 3. The van der Waals surface area contributed by atoms with Crippen LogP contribution in [0.4, 0.5) is 0 Å². The molecule has 100 valence electrons. The third kappa shape index (κ3) is 2.90. The standard InChI is InChI=1S/C13H16N4O2/c1-3-10(12-14-5-6-15-12)16-13(19)9-4-7-17(2)11(18)8-9/h4-8,10H,3H2,1-2H3,(H,14,15)(H,16,19). The number of nitrogens with zero attached hydrogens (tertiary/aromatic N) is 2. The first kappa shape index (κ1) is 13.1. The lowest BCUT2D eigenvalue weighted by atomic mass is 10.2. The highest BCUT2D eigenvalue weighted by molar-refractivity contribution is 5.94. The van der Waals surface area contributed by atoms with Gasteiger partial charge >= 0.3 is 0 Å². The summed E-state index contributed by atoms with van der Waals surface area (Å²) < 4.78 is 1.42. The Kier molecular flexibility index (Phi) is 3.79. The van der Waals surface area contributed by atoms with E-state index in [0.717, 1.165) is 0 Å². The summed E-state index contributed by atoms with van der Waals surface area (Å²) in [5, 5.41) is 2.85. The number of amides is 1. The number of hydrogen-bond donors (Lipinski definition) is 2. The van der Waals surface area contributed by atoms with Gasteiger partial charge in [-0.2, -0.15) is 0 Å². The van der Waals surface area contributed by atoms with Crippen molar-refractivity contribution in [3.8, 4) is 0 Å². The average Bonchev–Trinajstić information content (AvgIpc) is 2.92. The first-order valence-electron chi connectivity index (χ1n) is 6.08. The quantitative estimate of drug-likeness (QED) is 0.860. The molecule has 2 heterocycles. The Hall–Kier alpha value is -2.37. The zero-order valence-electron chi connectivity index (χ0n) is 10.9. The Morgan fingerprint density at radius 2 is 2.37 bits per heavy atom. The van der Waals surface area contributed by atoms with Gasteiger partial charge in [-0.1, -0.05) is 6.92 Å². The maximum Gasteiger partial charge on any atom is 0.252 e. The molecule has 6 heteroatoms. The van der Waals surface area contributed by atoms with Crippen molar-refractivity contribution in [2.75, 3.05) is 0 Å². The lowest BCUT2D eigenvalue weighted by molar-refractivity contribution is 0.0933. The third-order valence-corrected chi connectivity index (χ3v) is 2.93. The summed E-state index contributed by atoms with van der Waals surface area (Å²) in [7, 11) is 1.64. The number of H-pyrrole nitrogens is 1. The summed E-state index contributed by atoms with van der Waals surface area (Å²) in [4.78, 5) is 30.7. The van der Waals surface area contributed by atoms with Crippen LogP contribution in [0.15, 0.2) is 35.5 Å². The van der Waals surface area contributed by atoms with E-state index in [0.29, 0.717) is 17.8 Å². The molecule has 0 saturated heterocycles. The van der Waals surface area contributed by atoms with Crippen LogP contribution in [-0.2, 0) is 7.05 Å². The third-order valence-electron chi connectivity index (χ3n) is 2.93. The average molecular weight is 260 g/mol. The van der Waals surface area contributed by atoms with Crippen molar-refractivity contribution in [2.45, 2.75) is 19.4 Å². The largest absolute Gasteiger partial charge is 0.347 e. The normalized spacial score (nSPS) is 12.1. The molecule has 2 rings (SSSR count). The molecule has 2 aromatic heterocycles. The van der Waals surface area contributed by atoms with Gasteiger partial charge in [0.1, 0.15) is 5.82 Å². The zero-order chi connectivity index (χ0) is 13.8. The van der Waals surface area contributed by atoms with Gasteiger partial charge in [0, 0.05) is 37.3 Å². The van der Waals surface area contributed by atoms with Crippen LogP contribution < -0.4 is 10.9 Å². The predicted octanol–water partition coefficient (Wildman–Crippen LogP) is 0.989. The van der Waals surface area contributed by atoms with E-state index >= 15 is 0 Å². The van der Waals surface area contributed by atoms with Gasteiger partial charge in [-0.05, 0) is 12.5 Å². The number of carbonyl (C=O) groups is 1. The molecule has 0 fully saturated rings. The van der Waals surface area contributed by atoms with E-state index in [-0.39, 0.29) is 17.5 Å². The van der Waals surface area contributed by atoms with Gasteiger partial charge in [0.05, 0.1) is 6.04 Å². The van der Waals surface area contributed by atoms with Crippen molar-refractivity contribution < 1.29 is 4.79 Å². The van der Waals surface area contributed by atoms with Crippen molar-refractivity contribution >= 4 is 5.91 Å². The molecule has 1 amide bonds. The highest BCUT2D eigenvalue weighted by atomic mass is 16.2. The number of carbonyl (C=O) groups excluding carboxylic acids is 1. The first-order chi connectivity index (χ1) is 9.11. The van der Waals surface area contributed by atoms with Gasteiger partial charge in [0.2, 0.25) is 0 Å². The van der Waals surface area contributed by atoms with Crippen molar-refractivity contribution in [1.82, 2.24) is 19.9 Å². The van der Waals surface area contributed by atoms with Crippen LogP contribution in [-0.4, -0.2) is 20.4 Å². The van der Waals surface area contributed by atoms with Crippen LogP contribution in [0.3, 0.4) is 0 Å². The maximum absolute atomic E-state index is 12.1. The van der Waals surface area contributed by atoms with E-state index in [1.54, 1.807) is 31.7 Å². The molecule has 0 aliphatic rings. The molecule has 1 unspecified atom stereocenters. The lowest BCUT2D eigenvalue weighted by Crippen LogP contribution is -2.30. The van der Waals surface area contributed by atoms with Gasteiger partial charge in [-0.25, -0.2) is 4.98 Å². The molecule has 0 aliphatic heterocycles. The molecule has 0 saturated carbocycles. The van der Waals surface area contributed by atoms with Crippen LogP contribution >= 0.6 is 0 Å². The molecular formula is C13H16N4O2. The number of aryl methyl sites for hydroxylation is 1. The number of aromatic amines is 1. The zero-order valence-corrected chi connectivity index (χ0v) is 10.9. The van der Waals surface area contributed by atoms with E-state index in [4.69, 9.17) is 0 Å². The maximum atomic E-state index is 12.1. The number of nitrogens with one attached hydrogen (secondary N) is 2. The molecule has 2 N–H and O–H groups in total. The van der Waals surface area contributed by atoms with E-state index < -0.39 is 0 Å². The molecule has 2 aromatic rings. The van der Waals surface area contributed by atoms with Crippen molar-refractivity contribution in [3.63, 3.8) is 0 Å². The monoisotopic (exact) mass is 260 g/mol. The Morgan fingerprint density at radius 1 is 1.58 bits per heavy atom. The van der Waals surface area contributed by atoms with Gasteiger partial charge in [0.25, 0.3) is 11.5 Å². The number of imidazole rings is 1. The van der Waals surface area contributed by atoms with E-state index in [9.17, 15) is 9.59 Å². The van der Waals surface area contributed by atoms with E-state index in [1.807, 2.05) is 6.92 Å². The highest BCUT2D eigenvalue weighted by Crippen LogP contribution is 2.12. The fraction of sp³-hybridized carbons (Fsp3) is 0.308. The summed E-state index contributed by atoms with van der Waals surface area (Å²) in [5.41, 5.74) is 0.145. The number of hydrogen-bond acceptors (Lipinski definition) is 3. The predicted molar refractivity (Wildman–Crippen MR) is 70.8 cm³/mol. The summed E-state index contributed by atoms with van der Waals surface area (Å²) in [6.45, 7) is 1.96. The topological polar surface area (TPSA) is 79.8 Å². The first-order valence-corrected chi connectivity index (χ1v) is 6.08. The van der Waals surface area contributed by atoms with Crippen LogP contribution in [0.1, 0.15) is 35.6 Å². The van der Waals surface area contributed by atoms with Gasteiger partial charge in [-0.15, -0.1) is 0 Å². The minimum Gasteiger partial charge on any atom is -0.347 e. The summed E-state index contributed by atoms with van der Waals surface area (Å²) in [5.74, 6) is 0.431.